The third kappa shape index (κ3) is 7.51. The van der Waals surface area contributed by atoms with Crippen LogP contribution in [0.1, 0.15) is 42.8 Å². The van der Waals surface area contributed by atoms with Gasteiger partial charge in [-0.15, -0.1) is 0 Å². The SMILES string of the molecule is COC(=O)C(Cc1ccccc1)NC(=O)COC(=O)CCc1c(C)nn(CC(C)C)c1C. The number of nitrogens with zero attached hydrogens (tertiary/aromatic N) is 2. The van der Waals surface area contributed by atoms with E-state index in [4.69, 9.17) is 9.47 Å². The third-order valence-corrected chi connectivity index (χ3v) is 5.12. The fraction of sp³-hybridized carbons (Fsp3) is 0.500. The van der Waals surface area contributed by atoms with E-state index >= 15 is 0 Å². The van der Waals surface area contributed by atoms with E-state index < -0.39 is 30.5 Å². The lowest BCUT2D eigenvalue weighted by Gasteiger charge is -2.16. The Kier molecular flexibility index (Phi) is 9.43. The quantitative estimate of drug-likeness (QED) is 0.536. The number of methoxy groups -OCH3 is 1. The number of hydrogen-bond donors (Lipinski definition) is 1. The second-order valence-corrected chi connectivity index (χ2v) is 8.22. The van der Waals surface area contributed by atoms with Gasteiger partial charge in [0.1, 0.15) is 6.04 Å². The van der Waals surface area contributed by atoms with Crippen LogP contribution in [0.5, 0.6) is 0 Å². The average Bonchev–Trinajstić information content (AvgIpc) is 3.02. The van der Waals surface area contributed by atoms with Crippen LogP contribution in [0.2, 0.25) is 0 Å². The molecule has 0 aliphatic rings. The number of rotatable bonds is 11. The molecule has 1 aromatic heterocycles. The number of benzene rings is 1. The fourth-order valence-electron chi connectivity index (χ4n) is 3.49. The van der Waals surface area contributed by atoms with Crippen LogP contribution in [0.25, 0.3) is 0 Å². The molecule has 1 heterocycles. The van der Waals surface area contributed by atoms with Crippen LogP contribution < -0.4 is 5.32 Å². The summed E-state index contributed by atoms with van der Waals surface area (Å²) in [6.45, 7) is 8.55. The highest BCUT2D eigenvalue weighted by atomic mass is 16.5. The van der Waals surface area contributed by atoms with Gasteiger partial charge in [-0.05, 0) is 37.3 Å². The van der Waals surface area contributed by atoms with Gasteiger partial charge in [-0.1, -0.05) is 44.2 Å². The first kappa shape index (κ1) is 25.1. The summed E-state index contributed by atoms with van der Waals surface area (Å²) in [6, 6.07) is 8.43. The smallest absolute Gasteiger partial charge is 0.328 e. The zero-order valence-electron chi connectivity index (χ0n) is 19.5. The summed E-state index contributed by atoms with van der Waals surface area (Å²) in [5.74, 6) is -1.12. The van der Waals surface area contributed by atoms with Gasteiger partial charge in [0.25, 0.3) is 5.91 Å². The van der Waals surface area contributed by atoms with Crippen molar-refractivity contribution in [2.75, 3.05) is 13.7 Å². The van der Waals surface area contributed by atoms with E-state index in [9.17, 15) is 14.4 Å². The molecule has 1 unspecified atom stereocenters. The van der Waals surface area contributed by atoms with Crippen molar-refractivity contribution in [1.29, 1.82) is 0 Å². The van der Waals surface area contributed by atoms with E-state index in [1.807, 2.05) is 48.9 Å². The minimum absolute atomic E-state index is 0.146. The molecular weight excluding hydrogens is 410 g/mol. The maximum absolute atomic E-state index is 12.2. The van der Waals surface area contributed by atoms with Gasteiger partial charge in [0, 0.05) is 25.1 Å². The molecule has 1 atom stereocenters. The van der Waals surface area contributed by atoms with Gasteiger partial charge in [0.05, 0.1) is 12.8 Å². The largest absolute Gasteiger partial charge is 0.467 e. The molecule has 8 nitrogen and oxygen atoms in total. The first-order valence-electron chi connectivity index (χ1n) is 10.8. The Morgan fingerprint density at radius 2 is 1.81 bits per heavy atom. The topological polar surface area (TPSA) is 99.5 Å². The predicted octanol–water partition coefficient (Wildman–Crippen LogP) is 2.53. The second-order valence-electron chi connectivity index (χ2n) is 8.22. The van der Waals surface area contributed by atoms with Crippen LogP contribution >= 0.6 is 0 Å². The van der Waals surface area contributed by atoms with Crippen LogP contribution in [0.15, 0.2) is 30.3 Å². The molecular formula is C24H33N3O5. The van der Waals surface area contributed by atoms with Gasteiger partial charge in [0.15, 0.2) is 6.61 Å². The van der Waals surface area contributed by atoms with Crippen molar-refractivity contribution in [3.05, 3.63) is 52.8 Å². The summed E-state index contributed by atoms with van der Waals surface area (Å²) in [5.41, 5.74) is 3.85. The average molecular weight is 444 g/mol. The van der Waals surface area contributed by atoms with E-state index in [1.165, 1.54) is 7.11 Å². The zero-order chi connectivity index (χ0) is 23.7. The van der Waals surface area contributed by atoms with Gasteiger partial charge in [-0.2, -0.15) is 5.10 Å². The summed E-state index contributed by atoms with van der Waals surface area (Å²) in [4.78, 5) is 36.5. The van der Waals surface area contributed by atoms with Gasteiger partial charge in [-0.25, -0.2) is 4.79 Å². The summed E-state index contributed by atoms with van der Waals surface area (Å²) in [7, 11) is 1.26. The number of carbonyl (C=O) groups excluding carboxylic acids is 3. The van der Waals surface area contributed by atoms with Crippen molar-refractivity contribution in [2.45, 2.75) is 59.5 Å². The first-order chi connectivity index (χ1) is 15.2. The van der Waals surface area contributed by atoms with Crippen LogP contribution in [-0.4, -0.2) is 47.4 Å². The zero-order valence-corrected chi connectivity index (χ0v) is 19.5. The van der Waals surface area contributed by atoms with Gasteiger partial charge < -0.3 is 14.8 Å². The molecule has 0 saturated heterocycles. The van der Waals surface area contributed by atoms with Crippen molar-refractivity contribution >= 4 is 17.8 Å². The Balaban J connectivity index is 1.84. The third-order valence-electron chi connectivity index (χ3n) is 5.12. The molecule has 32 heavy (non-hydrogen) atoms. The number of ether oxygens (including phenoxy) is 2. The molecule has 1 aromatic carbocycles. The Morgan fingerprint density at radius 3 is 2.44 bits per heavy atom. The summed E-state index contributed by atoms with van der Waals surface area (Å²) >= 11 is 0. The predicted molar refractivity (Wildman–Crippen MR) is 120 cm³/mol. The number of carbonyl (C=O) groups is 3. The normalized spacial score (nSPS) is 11.8. The maximum atomic E-state index is 12.2. The standard InChI is InChI=1S/C24H33N3O5/c1-16(2)14-27-18(4)20(17(3)26-27)11-12-23(29)32-15-22(28)25-21(24(30)31-5)13-19-9-7-6-8-10-19/h6-10,16,21H,11-15H2,1-5H3,(H,25,28). The van der Waals surface area contributed by atoms with Crippen molar-refractivity contribution in [3.8, 4) is 0 Å². The van der Waals surface area contributed by atoms with Crippen LogP contribution in [0.4, 0.5) is 0 Å². The number of aromatic nitrogens is 2. The highest BCUT2D eigenvalue weighted by Gasteiger charge is 2.22. The van der Waals surface area contributed by atoms with E-state index in [0.717, 1.165) is 29.1 Å². The lowest BCUT2D eigenvalue weighted by atomic mass is 10.1. The molecule has 1 N–H and O–H groups in total. The molecule has 8 heteroatoms. The second kappa shape index (κ2) is 12.0. The van der Waals surface area contributed by atoms with Gasteiger partial charge in [0.2, 0.25) is 0 Å². The van der Waals surface area contributed by atoms with E-state index in [-0.39, 0.29) is 12.8 Å². The highest BCUT2D eigenvalue weighted by molar-refractivity contribution is 5.86. The monoisotopic (exact) mass is 443 g/mol. The maximum Gasteiger partial charge on any atom is 0.328 e. The van der Waals surface area contributed by atoms with Gasteiger partial charge in [-0.3, -0.25) is 14.3 Å². The van der Waals surface area contributed by atoms with Crippen LogP contribution in [0, 0.1) is 19.8 Å². The summed E-state index contributed by atoms with van der Waals surface area (Å²) < 4.78 is 11.9. The number of hydrogen-bond acceptors (Lipinski definition) is 6. The lowest BCUT2D eigenvalue weighted by molar-refractivity contribution is -0.150. The van der Waals surface area contributed by atoms with Crippen molar-refractivity contribution in [3.63, 3.8) is 0 Å². The van der Waals surface area contributed by atoms with Gasteiger partial charge >= 0.3 is 11.9 Å². The molecule has 0 aliphatic carbocycles. The fourth-order valence-corrected chi connectivity index (χ4v) is 3.49. The highest BCUT2D eigenvalue weighted by Crippen LogP contribution is 2.16. The Hall–Kier alpha value is -3.16. The molecule has 2 aromatic rings. The first-order valence-corrected chi connectivity index (χ1v) is 10.8. The number of amides is 1. The molecule has 174 valence electrons. The molecule has 0 bridgehead atoms. The van der Waals surface area contributed by atoms with Crippen molar-refractivity contribution in [1.82, 2.24) is 15.1 Å². The van der Waals surface area contributed by atoms with E-state index in [1.54, 1.807) is 0 Å². The van der Waals surface area contributed by atoms with Crippen LogP contribution in [-0.2, 0) is 43.2 Å². The molecule has 0 aliphatic heterocycles. The number of nitrogens with one attached hydrogen (secondary N) is 1. The van der Waals surface area contributed by atoms with E-state index in [2.05, 4.69) is 24.3 Å². The summed E-state index contributed by atoms with van der Waals surface area (Å²) in [6.07, 6.45) is 0.925. The number of esters is 2. The summed E-state index contributed by atoms with van der Waals surface area (Å²) in [5, 5.41) is 7.13. The Labute approximate surface area is 189 Å². The molecule has 0 fully saturated rings. The molecule has 0 spiro atoms. The van der Waals surface area contributed by atoms with Crippen molar-refractivity contribution in [2.24, 2.45) is 5.92 Å². The number of aryl methyl sites for hydroxylation is 1. The Bertz CT molecular complexity index is 921. The molecule has 2 rings (SSSR count). The molecule has 1 amide bonds. The molecule has 0 saturated carbocycles. The van der Waals surface area contributed by atoms with E-state index in [0.29, 0.717) is 12.3 Å². The van der Waals surface area contributed by atoms with Crippen molar-refractivity contribution < 1.29 is 23.9 Å². The lowest BCUT2D eigenvalue weighted by Crippen LogP contribution is -2.44. The minimum atomic E-state index is -0.856. The molecule has 0 radical (unpaired) electrons. The minimum Gasteiger partial charge on any atom is -0.467 e. The van der Waals surface area contributed by atoms with Crippen LogP contribution in [0.3, 0.4) is 0 Å². The Morgan fingerprint density at radius 1 is 1.12 bits per heavy atom.